The summed E-state index contributed by atoms with van der Waals surface area (Å²) in [4.78, 5) is 23.0. The SMILES string of the molecule is O=C(c1ccccc1OCCN1CCOCC1)N1C2CCC1CC(Cc1nccn3cccc13)C2. The molecule has 2 unspecified atom stereocenters. The molecule has 5 heterocycles. The molecule has 3 aromatic rings. The molecule has 3 aliphatic heterocycles. The van der Waals surface area contributed by atoms with Crippen LogP contribution in [-0.2, 0) is 11.2 Å². The van der Waals surface area contributed by atoms with E-state index in [1.807, 2.05) is 36.7 Å². The standard InChI is InChI=1S/C28H34N4O3/c33-28(24-4-1-2-6-27(24)35-17-14-30-12-15-34-16-13-30)32-22-7-8-23(32)19-21(18-22)20-25-26-5-3-10-31(26)11-9-29-25/h1-6,9-11,21-23H,7-8,12-20H2. The number of morpholine rings is 1. The molecule has 2 aromatic heterocycles. The van der Waals surface area contributed by atoms with E-state index in [1.165, 1.54) is 11.2 Å². The van der Waals surface area contributed by atoms with Crippen LogP contribution in [0.25, 0.3) is 5.52 Å². The Labute approximate surface area is 206 Å². The van der Waals surface area contributed by atoms with E-state index >= 15 is 0 Å². The summed E-state index contributed by atoms with van der Waals surface area (Å²) >= 11 is 0. The first-order valence-corrected chi connectivity index (χ1v) is 13.0. The molecule has 3 aliphatic rings. The lowest BCUT2D eigenvalue weighted by Crippen LogP contribution is -2.47. The Morgan fingerprint density at radius 3 is 2.66 bits per heavy atom. The Hall–Kier alpha value is -2.90. The van der Waals surface area contributed by atoms with Crippen LogP contribution >= 0.6 is 0 Å². The fourth-order valence-corrected chi connectivity index (χ4v) is 6.27. The van der Waals surface area contributed by atoms with Crippen LogP contribution in [0.3, 0.4) is 0 Å². The molecule has 35 heavy (non-hydrogen) atoms. The van der Waals surface area contributed by atoms with Crippen LogP contribution in [0.1, 0.15) is 41.7 Å². The molecule has 0 aliphatic carbocycles. The highest BCUT2D eigenvalue weighted by Crippen LogP contribution is 2.41. The maximum Gasteiger partial charge on any atom is 0.258 e. The number of carbonyl (C=O) groups is 1. The summed E-state index contributed by atoms with van der Waals surface area (Å²) in [7, 11) is 0. The molecule has 0 saturated carbocycles. The first kappa shape index (κ1) is 22.6. The van der Waals surface area contributed by atoms with Crippen molar-refractivity contribution in [2.24, 2.45) is 5.92 Å². The number of aromatic nitrogens is 2. The molecule has 1 aromatic carbocycles. The van der Waals surface area contributed by atoms with Crippen molar-refractivity contribution >= 4 is 11.4 Å². The Balaban J connectivity index is 1.11. The van der Waals surface area contributed by atoms with E-state index < -0.39 is 0 Å². The van der Waals surface area contributed by atoms with Crippen molar-refractivity contribution in [1.82, 2.24) is 19.2 Å². The maximum atomic E-state index is 13.8. The summed E-state index contributed by atoms with van der Waals surface area (Å²) in [5, 5.41) is 0. The lowest BCUT2D eigenvalue weighted by Gasteiger charge is -2.39. The molecule has 7 heteroatoms. The van der Waals surface area contributed by atoms with Gasteiger partial charge in [0.05, 0.1) is 30.0 Å². The first-order chi connectivity index (χ1) is 17.3. The number of rotatable bonds is 7. The van der Waals surface area contributed by atoms with Crippen molar-refractivity contribution < 1.29 is 14.3 Å². The fraction of sp³-hybridized carbons (Fsp3) is 0.500. The van der Waals surface area contributed by atoms with E-state index in [0.717, 1.165) is 65.0 Å². The summed E-state index contributed by atoms with van der Waals surface area (Å²) in [6.07, 6.45) is 11.2. The third-order valence-corrected chi connectivity index (χ3v) is 7.97. The van der Waals surface area contributed by atoms with Gasteiger partial charge < -0.3 is 18.8 Å². The number of hydrogen-bond acceptors (Lipinski definition) is 5. The molecule has 1 amide bonds. The van der Waals surface area contributed by atoms with Crippen LogP contribution in [0.4, 0.5) is 0 Å². The van der Waals surface area contributed by atoms with E-state index in [9.17, 15) is 4.79 Å². The normalized spacial score (nSPS) is 24.7. The van der Waals surface area contributed by atoms with E-state index in [-0.39, 0.29) is 5.91 Å². The van der Waals surface area contributed by atoms with Crippen LogP contribution in [-0.4, -0.2) is 76.6 Å². The van der Waals surface area contributed by atoms with Gasteiger partial charge in [0.2, 0.25) is 0 Å². The van der Waals surface area contributed by atoms with E-state index in [1.54, 1.807) is 0 Å². The quantitative estimate of drug-likeness (QED) is 0.523. The third kappa shape index (κ3) is 4.67. The monoisotopic (exact) mass is 474 g/mol. The van der Waals surface area contributed by atoms with Gasteiger partial charge in [-0.2, -0.15) is 0 Å². The zero-order valence-corrected chi connectivity index (χ0v) is 20.2. The Morgan fingerprint density at radius 1 is 1.03 bits per heavy atom. The highest BCUT2D eigenvalue weighted by atomic mass is 16.5. The van der Waals surface area contributed by atoms with Gasteiger partial charge in [-0.3, -0.25) is 14.7 Å². The highest BCUT2D eigenvalue weighted by molar-refractivity contribution is 5.97. The van der Waals surface area contributed by atoms with Crippen LogP contribution in [0.15, 0.2) is 55.0 Å². The molecule has 6 rings (SSSR count). The summed E-state index contributed by atoms with van der Waals surface area (Å²) in [6, 6.07) is 12.6. The van der Waals surface area contributed by atoms with Crippen molar-refractivity contribution in [1.29, 1.82) is 0 Å². The largest absolute Gasteiger partial charge is 0.491 e. The smallest absolute Gasteiger partial charge is 0.258 e. The molecular formula is C28H34N4O3. The number of amides is 1. The maximum absolute atomic E-state index is 13.8. The summed E-state index contributed by atoms with van der Waals surface area (Å²) in [5.41, 5.74) is 3.06. The van der Waals surface area contributed by atoms with Gasteiger partial charge in [0.1, 0.15) is 12.4 Å². The molecule has 184 valence electrons. The summed E-state index contributed by atoms with van der Waals surface area (Å²) < 4.78 is 13.7. The molecular weight excluding hydrogens is 440 g/mol. The predicted octanol–water partition coefficient (Wildman–Crippen LogP) is 3.67. The Kier molecular flexibility index (Phi) is 6.44. The van der Waals surface area contributed by atoms with Gasteiger partial charge in [-0.1, -0.05) is 12.1 Å². The zero-order chi connectivity index (χ0) is 23.6. The first-order valence-electron chi connectivity index (χ1n) is 13.0. The van der Waals surface area contributed by atoms with Crippen LogP contribution in [0.2, 0.25) is 0 Å². The number of hydrogen-bond donors (Lipinski definition) is 0. The van der Waals surface area contributed by atoms with Crippen molar-refractivity contribution in [3.05, 3.63) is 66.2 Å². The molecule has 7 nitrogen and oxygen atoms in total. The predicted molar refractivity (Wildman–Crippen MR) is 134 cm³/mol. The third-order valence-electron chi connectivity index (χ3n) is 7.97. The van der Waals surface area contributed by atoms with Crippen molar-refractivity contribution in [3.63, 3.8) is 0 Å². The number of para-hydroxylation sites is 1. The topological polar surface area (TPSA) is 59.3 Å². The zero-order valence-electron chi connectivity index (χ0n) is 20.2. The number of benzene rings is 1. The molecule has 0 spiro atoms. The second-order valence-corrected chi connectivity index (χ2v) is 10.1. The summed E-state index contributed by atoms with van der Waals surface area (Å²) in [5.74, 6) is 1.39. The van der Waals surface area contributed by atoms with E-state index in [2.05, 4.69) is 32.5 Å². The van der Waals surface area contributed by atoms with Gasteiger partial charge in [0.15, 0.2) is 0 Å². The van der Waals surface area contributed by atoms with Gasteiger partial charge >= 0.3 is 0 Å². The van der Waals surface area contributed by atoms with E-state index in [4.69, 9.17) is 14.5 Å². The van der Waals surface area contributed by atoms with Gasteiger partial charge in [-0.05, 0) is 62.3 Å². The minimum Gasteiger partial charge on any atom is -0.491 e. The average molecular weight is 475 g/mol. The van der Waals surface area contributed by atoms with Crippen molar-refractivity contribution in [2.45, 2.75) is 44.2 Å². The van der Waals surface area contributed by atoms with Crippen LogP contribution in [0, 0.1) is 5.92 Å². The minimum atomic E-state index is 0.129. The molecule has 3 fully saturated rings. The van der Waals surface area contributed by atoms with Gasteiger partial charge in [0.25, 0.3) is 5.91 Å². The van der Waals surface area contributed by atoms with Gasteiger partial charge in [-0.25, -0.2) is 0 Å². The number of piperidine rings is 1. The van der Waals surface area contributed by atoms with Gasteiger partial charge in [0, 0.05) is 50.3 Å². The Bertz CT molecular complexity index is 1160. The number of nitrogens with zero attached hydrogens (tertiary/aromatic N) is 4. The van der Waals surface area contributed by atoms with Crippen molar-refractivity contribution in [2.75, 3.05) is 39.5 Å². The second kappa shape index (κ2) is 9.99. The number of carbonyl (C=O) groups excluding carboxylic acids is 1. The average Bonchev–Trinajstić information content (AvgIpc) is 3.48. The summed E-state index contributed by atoms with van der Waals surface area (Å²) in [6.45, 7) is 4.88. The minimum absolute atomic E-state index is 0.129. The van der Waals surface area contributed by atoms with Crippen molar-refractivity contribution in [3.8, 4) is 5.75 Å². The number of fused-ring (bicyclic) bond motifs is 3. The van der Waals surface area contributed by atoms with E-state index in [0.29, 0.717) is 35.9 Å². The number of ether oxygens (including phenoxy) is 2. The Morgan fingerprint density at radius 2 is 1.83 bits per heavy atom. The second-order valence-electron chi connectivity index (χ2n) is 10.1. The molecule has 3 saturated heterocycles. The molecule has 0 radical (unpaired) electrons. The fourth-order valence-electron chi connectivity index (χ4n) is 6.27. The lowest BCUT2D eigenvalue weighted by molar-refractivity contribution is 0.0320. The van der Waals surface area contributed by atoms with Crippen LogP contribution in [0.5, 0.6) is 5.75 Å². The molecule has 0 N–H and O–H groups in total. The van der Waals surface area contributed by atoms with Gasteiger partial charge in [-0.15, -0.1) is 0 Å². The molecule has 2 bridgehead atoms. The van der Waals surface area contributed by atoms with Crippen LogP contribution < -0.4 is 4.74 Å². The molecule has 2 atom stereocenters. The highest BCUT2D eigenvalue weighted by Gasteiger charge is 2.44. The lowest BCUT2D eigenvalue weighted by atomic mass is 9.86.